The van der Waals surface area contributed by atoms with Gasteiger partial charge in [-0.15, -0.1) is 0 Å². The molecule has 1 heterocycles. The van der Waals surface area contributed by atoms with Crippen molar-refractivity contribution in [2.24, 2.45) is 0 Å². The van der Waals surface area contributed by atoms with Crippen LogP contribution in [0.25, 0.3) is 0 Å². The van der Waals surface area contributed by atoms with Crippen molar-refractivity contribution >= 4 is 17.5 Å². The molecule has 0 radical (unpaired) electrons. The number of ether oxygens (including phenoxy) is 3. The predicted octanol–water partition coefficient (Wildman–Crippen LogP) is 3.06. The zero-order chi connectivity index (χ0) is 17.3. The number of carbonyl (C=O) groups is 1. The second-order valence-electron chi connectivity index (χ2n) is 5.36. The lowest BCUT2D eigenvalue weighted by atomic mass is 10.1. The van der Waals surface area contributed by atoms with E-state index in [4.69, 9.17) is 25.8 Å². The largest absolute Gasteiger partial charge is 0.503 e. The van der Waals surface area contributed by atoms with Crippen molar-refractivity contribution < 1.29 is 24.1 Å². The summed E-state index contributed by atoms with van der Waals surface area (Å²) < 4.78 is 15.6. The Bertz CT molecular complexity index is 793. The highest BCUT2D eigenvalue weighted by Crippen LogP contribution is 2.35. The Morgan fingerprint density at radius 2 is 2.04 bits per heavy atom. The van der Waals surface area contributed by atoms with Gasteiger partial charge in [0.25, 0.3) is 5.91 Å². The zero-order valence-electron chi connectivity index (χ0n) is 13.2. The third kappa shape index (κ3) is 3.05. The summed E-state index contributed by atoms with van der Waals surface area (Å²) in [4.78, 5) is 14.1. The van der Waals surface area contributed by atoms with Crippen LogP contribution in [0.4, 0.5) is 0 Å². The molecule has 0 bridgehead atoms. The third-order valence-electron chi connectivity index (χ3n) is 3.70. The van der Waals surface area contributed by atoms with Gasteiger partial charge in [-0.1, -0.05) is 17.7 Å². The molecule has 0 saturated carbocycles. The molecule has 2 aromatic rings. The summed E-state index contributed by atoms with van der Waals surface area (Å²) in [7, 11) is 3.08. The van der Waals surface area contributed by atoms with Gasteiger partial charge in [-0.2, -0.15) is 0 Å². The Labute approximate surface area is 144 Å². The van der Waals surface area contributed by atoms with Crippen LogP contribution in [-0.4, -0.2) is 36.9 Å². The number of aromatic hydroxyl groups is 1. The van der Waals surface area contributed by atoms with Crippen LogP contribution in [0.5, 0.6) is 23.0 Å². The third-order valence-corrected chi connectivity index (χ3v) is 3.99. The molecule has 0 saturated heterocycles. The Balaban J connectivity index is 1.79. The highest BCUT2D eigenvalue weighted by Gasteiger charge is 2.19. The number of hydrogen-bond donors (Lipinski definition) is 1. The number of phenolic OH excluding ortho intramolecular Hbond substituents is 1. The molecule has 24 heavy (non-hydrogen) atoms. The second kappa shape index (κ2) is 6.49. The van der Waals surface area contributed by atoms with Crippen LogP contribution in [0.1, 0.15) is 15.9 Å². The van der Waals surface area contributed by atoms with Gasteiger partial charge < -0.3 is 24.2 Å². The predicted molar refractivity (Wildman–Crippen MR) is 88.0 cm³/mol. The van der Waals surface area contributed by atoms with E-state index < -0.39 is 0 Å². The lowest BCUT2D eigenvalue weighted by molar-refractivity contribution is 0.0784. The van der Waals surface area contributed by atoms with Crippen molar-refractivity contribution in [2.45, 2.75) is 6.54 Å². The first-order valence-electron chi connectivity index (χ1n) is 7.20. The number of methoxy groups -OCH3 is 1. The average molecular weight is 350 g/mol. The molecule has 2 aromatic carbocycles. The lowest BCUT2D eigenvalue weighted by Crippen LogP contribution is -2.26. The number of carbonyl (C=O) groups excluding carboxylic acids is 1. The van der Waals surface area contributed by atoms with Gasteiger partial charge in [0.1, 0.15) is 0 Å². The van der Waals surface area contributed by atoms with E-state index >= 15 is 0 Å². The topological polar surface area (TPSA) is 68.2 Å². The number of rotatable bonds is 4. The van der Waals surface area contributed by atoms with Gasteiger partial charge in [0.2, 0.25) is 6.79 Å². The van der Waals surface area contributed by atoms with E-state index in [0.717, 1.165) is 5.56 Å². The van der Waals surface area contributed by atoms with Crippen molar-refractivity contribution in [2.75, 3.05) is 21.0 Å². The molecule has 126 valence electrons. The summed E-state index contributed by atoms with van der Waals surface area (Å²) in [5, 5.41) is 9.82. The molecule has 0 aliphatic carbocycles. The van der Waals surface area contributed by atoms with Crippen molar-refractivity contribution in [1.29, 1.82) is 0 Å². The van der Waals surface area contributed by atoms with Gasteiger partial charge in [0.15, 0.2) is 23.0 Å². The first-order chi connectivity index (χ1) is 11.5. The number of fused-ring (bicyclic) bond motifs is 1. The van der Waals surface area contributed by atoms with Crippen molar-refractivity contribution in [3.8, 4) is 23.0 Å². The minimum atomic E-state index is -0.243. The van der Waals surface area contributed by atoms with Crippen LogP contribution in [0, 0.1) is 0 Å². The number of benzene rings is 2. The standard InChI is InChI=1S/C17H16ClNO5/c1-19(8-10-3-4-13-14(5-10)24-9-23-13)17(21)11-6-12(18)16(20)15(7-11)22-2/h3-7,20H,8-9H2,1-2H3. The molecule has 6 nitrogen and oxygen atoms in total. The fourth-order valence-corrected chi connectivity index (χ4v) is 2.67. The van der Waals surface area contributed by atoms with Crippen molar-refractivity contribution in [1.82, 2.24) is 4.90 Å². The minimum Gasteiger partial charge on any atom is -0.503 e. The van der Waals surface area contributed by atoms with Gasteiger partial charge in [-0.3, -0.25) is 4.79 Å². The Morgan fingerprint density at radius 3 is 2.79 bits per heavy atom. The number of phenols is 1. The molecule has 7 heteroatoms. The number of amides is 1. The van der Waals surface area contributed by atoms with Crippen molar-refractivity contribution in [3.05, 3.63) is 46.5 Å². The molecule has 3 rings (SSSR count). The summed E-state index contributed by atoms with van der Waals surface area (Å²) in [5.74, 6) is 1.09. The number of nitrogens with zero attached hydrogens (tertiary/aromatic N) is 1. The highest BCUT2D eigenvalue weighted by atomic mass is 35.5. The maximum atomic E-state index is 12.6. The molecular formula is C17H16ClNO5. The molecule has 1 N–H and O–H groups in total. The molecule has 0 spiro atoms. The molecule has 1 aliphatic heterocycles. The van der Waals surface area contributed by atoms with E-state index in [1.165, 1.54) is 19.2 Å². The van der Waals surface area contributed by atoms with Crippen LogP contribution in [0.2, 0.25) is 5.02 Å². The molecule has 0 aromatic heterocycles. The normalized spacial score (nSPS) is 12.1. The Kier molecular flexibility index (Phi) is 4.40. The highest BCUT2D eigenvalue weighted by molar-refractivity contribution is 6.32. The number of halogens is 1. The van der Waals surface area contributed by atoms with Crippen LogP contribution in [0.3, 0.4) is 0 Å². The fourth-order valence-electron chi connectivity index (χ4n) is 2.46. The average Bonchev–Trinajstić information content (AvgIpc) is 3.04. The first-order valence-corrected chi connectivity index (χ1v) is 7.58. The Hall–Kier alpha value is -2.60. The summed E-state index contributed by atoms with van der Waals surface area (Å²) >= 11 is 5.94. The molecule has 1 aliphatic rings. The second-order valence-corrected chi connectivity index (χ2v) is 5.76. The van der Waals surface area contributed by atoms with Crippen LogP contribution < -0.4 is 14.2 Å². The van der Waals surface area contributed by atoms with Gasteiger partial charge >= 0.3 is 0 Å². The van der Waals surface area contributed by atoms with Gasteiger partial charge in [-0.05, 0) is 29.8 Å². The summed E-state index contributed by atoms with van der Waals surface area (Å²) in [6.45, 7) is 0.593. The molecule has 0 fully saturated rings. The first kappa shape index (κ1) is 16.3. The molecule has 0 unspecified atom stereocenters. The van der Waals surface area contributed by atoms with E-state index in [0.29, 0.717) is 23.6 Å². The summed E-state index contributed by atoms with van der Waals surface area (Å²) in [5.41, 5.74) is 1.24. The maximum absolute atomic E-state index is 12.6. The molecule has 0 atom stereocenters. The van der Waals surface area contributed by atoms with Gasteiger partial charge in [0, 0.05) is 19.2 Å². The van der Waals surface area contributed by atoms with Crippen molar-refractivity contribution in [3.63, 3.8) is 0 Å². The molecular weight excluding hydrogens is 334 g/mol. The van der Waals surface area contributed by atoms with Crippen LogP contribution in [-0.2, 0) is 6.54 Å². The lowest BCUT2D eigenvalue weighted by Gasteiger charge is -2.18. The van der Waals surface area contributed by atoms with Gasteiger partial charge in [-0.25, -0.2) is 0 Å². The fraction of sp³-hybridized carbons (Fsp3) is 0.235. The van der Waals surface area contributed by atoms with Gasteiger partial charge in [0.05, 0.1) is 12.1 Å². The SMILES string of the molecule is COc1cc(C(=O)N(C)Cc2ccc3c(c2)OCO3)cc(Cl)c1O. The monoisotopic (exact) mass is 349 g/mol. The van der Waals surface area contributed by atoms with E-state index in [1.807, 2.05) is 18.2 Å². The maximum Gasteiger partial charge on any atom is 0.254 e. The van der Waals surface area contributed by atoms with Crippen LogP contribution >= 0.6 is 11.6 Å². The van der Waals surface area contributed by atoms with E-state index in [9.17, 15) is 9.90 Å². The quantitative estimate of drug-likeness (QED) is 0.918. The minimum absolute atomic E-state index is 0.0641. The molecule has 1 amide bonds. The number of hydrogen-bond acceptors (Lipinski definition) is 5. The van der Waals surface area contributed by atoms with E-state index in [1.54, 1.807) is 11.9 Å². The zero-order valence-corrected chi connectivity index (χ0v) is 14.0. The summed E-state index contributed by atoms with van der Waals surface area (Å²) in [6, 6.07) is 8.41. The van der Waals surface area contributed by atoms with E-state index in [2.05, 4.69) is 0 Å². The summed E-state index contributed by atoms with van der Waals surface area (Å²) in [6.07, 6.45) is 0. The van der Waals surface area contributed by atoms with Crippen LogP contribution in [0.15, 0.2) is 30.3 Å². The smallest absolute Gasteiger partial charge is 0.254 e. The Morgan fingerprint density at radius 1 is 1.29 bits per heavy atom. The van der Waals surface area contributed by atoms with E-state index in [-0.39, 0.29) is 29.2 Å².